The molecule has 76 valence electrons. The fourth-order valence-corrected chi connectivity index (χ4v) is 1.40. The van der Waals surface area contributed by atoms with E-state index in [1.54, 1.807) is 36.5 Å². The van der Waals surface area contributed by atoms with Gasteiger partial charge in [0, 0.05) is 6.20 Å². The SMILES string of the molecule is O=C(O)C(c1ccccn1)c1ccco1. The highest BCUT2D eigenvalue weighted by Gasteiger charge is 2.25. The predicted octanol–water partition coefficient (Wildman–Crippen LogP) is 1.89. The lowest BCUT2D eigenvalue weighted by atomic mass is 10.0. The summed E-state index contributed by atoms with van der Waals surface area (Å²) in [4.78, 5) is 15.1. The van der Waals surface area contributed by atoms with E-state index in [1.165, 1.54) is 6.26 Å². The van der Waals surface area contributed by atoms with Crippen LogP contribution in [-0.2, 0) is 4.79 Å². The molecule has 0 spiro atoms. The summed E-state index contributed by atoms with van der Waals surface area (Å²) in [6.45, 7) is 0. The number of carbonyl (C=O) groups is 1. The number of hydrogen-bond donors (Lipinski definition) is 1. The average molecular weight is 203 g/mol. The van der Waals surface area contributed by atoms with Crippen LogP contribution in [0.5, 0.6) is 0 Å². The van der Waals surface area contributed by atoms with Gasteiger partial charge in [0.05, 0.1) is 12.0 Å². The zero-order chi connectivity index (χ0) is 10.7. The summed E-state index contributed by atoms with van der Waals surface area (Å²) in [7, 11) is 0. The van der Waals surface area contributed by atoms with E-state index in [2.05, 4.69) is 4.98 Å². The van der Waals surface area contributed by atoms with Crippen molar-refractivity contribution in [3.05, 3.63) is 54.2 Å². The Morgan fingerprint density at radius 2 is 2.20 bits per heavy atom. The Kier molecular flexibility index (Phi) is 2.49. The molecular formula is C11H9NO3. The zero-order valence-electron chi connectivity index (χ0n) is 7.83. The van der Waals surface area contributed by atoms with Crippen LogP contribution in [0.4, 0.5) is 0 Å². The van der Waals surface area contributed by atoms with Crippen LogP contribution in [0.25, 0.3) is 0 Å². The van der Waals surface area contributed by atoms with Crippen LogP contribution >= 0.6 is 0 Å². The van der Waals surface area contributed by atoms with E-state index < -0.39 is 11.9 Å². The first-order chi connectivity index (χ1) is 7.29. The minimum Gasteiger partial charge on any atom is -0.480 e. The van der Waals surface area contributed by atoms with Crippen LogP contribution in [0.3, 0.4) is 0 Å². The molecule has 0 aromatic carbocycles. The molecule has 4 heteroatoms. The van der Waals surface area contributed by atoms with E-state index in [0.29, 0.717) is 11.5 Å². The Labute approximate surface area is 86.2 Å². The second-order valence-electron chi connectivity index (χ2n) is 3.04. The van der Waals surface area contributed by atoms with Crippen molar-refractivity contribution < 1.29 is 14.3 Å². The highest BCUT2D eigenvalue weighted by Crippen LogP contribution is 2.23. The maximum atomic E-state index is 11.1. The molecule has 0 aliphatic carbocycles. The largest absolute Gasteiger partial charge is 0.480 e. The third-order valence-corrected chi connectivity index (χ3v) is 2.06. The Bertz CT molecular complexity index is 436. The number of pyridine rings is 1. The fraction of sp³-hybridized carbons (Fsp3) is 0.0909. The molecule has 0 amide bonds. The fourth-order valence-electron chi connectivity index (χ4n) is 1.40. The van der Waals surface area contributed by atoms with E-state index in [0.717, 1.165) is 0 Å². The second-order valence-corrected chi connectivity index (χ2v) is 3.04. The molecule has 0 radical (unpaired) electrons. The van der Waals surface area contributed by atoms with Crippen molar-refractivity contribution in [1.29, 1.82) is 0 Å². The maximum absolute atomic E-state index is 11.1. The van der Waals surface area contributed by atoms with Gasteiger partial charge in [0.15, 0.2) is 5.92 Å². The number of nitrogens with zero attached hydrogens (tertiary/aromatic N) is 1. The van der Waals surface area contributed by atoms with Gasteiger partial charge in [-0.15, -0.1) is 0 Å². The van der Waals surface area contributed by atoms with Gasteiger partial charge in [-0.2, -0.15) is 0 Å². The van der Waals surface area contributed by atoms with Crippen molar-refractivity contribution in [3.8, 4) is 0 Å². The third-order valence-electron chi connectivity index (χ3n) is 2.06. The highest BCUT2D eigenvalue weighted by atomic mass is 16.4. The second kappa shape index (κ2) is 3.96. The quantitative estimate of drug-likeness (QED) is 0.827. The van der Waals surface area contributed by atoms with Gasteiger partial charge in [-0.05, 0) is 24.3 Å². The summed E-state index contributed by atoms with van der Waals surface area (Å²) in [6.07, 6.45) is 3.02. The van der Waals surface area contributed by atoms with Crippen molar-refractivity contribution in [2.24, 2.45) is 0 Å². The van der Waals surface area contributed by atoms with Crippen molar-refractivity contribution in [2.45, 2.75) is 5.92 Å². The zero-order valence-corrected chi connectivity index (χ0v) is 7.83. The minimum absolute atomic E-state index is 0.390. The number of carboxylic acids is 1. The molecule has 0 bridgehead atoms. The van der Waals surface area contributed by atoms with Gasteiger partial charge in [-0.25, -0.2) is 0 Å². The molecule has 1 N–H and O–H groups in total. The average Bonchev–Trinajstić information content (AvgIpc) is 2.72. The Morgan fingerprint density at radius 3 is 2.73 bits per heavy atom. The maximum Gasteiger partial charge on any atom is 0.320 e. The molecule has 4 nitrogen and oxygen atoms in total. The van der Waals surface area contributed by atoms with Crippen molar-refractivity contribution >= 4 is 5.97 Å². The molecule has 0 aliphatic heterocycles. The summed E-state index contributed by atoms with van der Waals surface area (Å²) >= 11 is 0. The van der Waals surface area contributed by atoms with Gasteiger partial charge >= 0.3 is 5.97 Å². The standard InChI is InChI=1S/C11H9NO3/c13-11(14)10(9-5-3-7-15-9)8-4-1-2-6-12-8/h1-7,10H,(H,13,14). The Morgan fingerprint density at radius 1 is 1.33 bits per heavy atom. The molecule has 0 aliphatic rings. The molecule has 2 rings (SSSR count). The summed E-state index contributed by atoms with van der Waals surface area (Å²) in [5, 5.41) is 9.10. The number of furan rings is 1. The number of carboxylic acid groups (broad SMARTS) is 1. The van der Waals surface area contributed by atoms with Crippen LogP contribution in [0.2, 0.25) is 0 Å². The minimum atomic E-state index is -0.969. The summed E-state index contributed by atoms with van der Waals surface area (Å²) in [5.41, 5.74) is 0.472. The number of aliphatic carboxylic acids is 1. The van der Waals surface area contributed by atoms with Crippen LogP contribution in [0.15, 0.2) is 47.2 Å². The molecular weight excluding hydrogens is 194 g/mol. The summed E-state index contributed by atoms with van der Waals surface area (Å²) < 4.78 is 5.09. The van der Waals surface area contributed by atoms with Crippen molar-refractivity contribution in [3.63, 3.8) is 0 Å². The van der Waals surface area contributed by atoms with Crippen molar-refractivity contribution in [1.82, 2.24) is 4.98 Å². The van der Waals surface area contributed by atoms with E-state index >= 15 is 0 Å². The van der Waals surface area contributed by atoms with Gasteiger partial charge in [-0.3, -0.25) is 9.78 Å². The molecule has 0 fully saturated rings. The predicted molar refractivity (Wildman–Crippen MR) is 52.4 cm³/mol. The lowest BCUT2D eigenvalue weighted by Crippen LogP contribution is -2.13. The van der Waals surface area contributed by atoms with E-state index in [-0.39, 0.29) is 0 Å². The van der Waals surface area contributed by atoms with Crippen molar-refractivity contribution in [2.75, 3.05) is 0 Å². The lowest BCUT2D eigenvalue weighted by molar-refractivity contribution is -0.138. The van der Waals surface area contributed by atoms with Gasteiger partial charge in [-0.1, -0.05) is 6.07 Å². The van der Waals surface area contributed by atoms with Crippen LogP contribution < -0.4 is 0 Å². The van der Waals surface area contributed by atoms with Gasteiger partial charge in [0.2, 0.25) is 0 Å². The van der Waals surface area contributed by atoms with E-state index in [9.17, 15) is 4.79 Å². The summed E-state index contributed by atoms with van der Waals surface area (Å²) in [6, 6.07) is 8.45. The molecule has 2 aromatic heterocycles. The van der Waals surface area contributed by atoms with Crippen LogP contribution in [0.1, 0.15) is 17.4 Å². The molecule has 2 heterocycles. The van der Waals surface area contributed by atoms with Gasteiger partial charge in [0.25, 0.3) is 0 Å². The molecule has 0 saturated heterocycles. The number of rotatable bonds is 3. The van der Waals surface area contributed by atoms with Gasteiger partial charge < -0.3 is 9.52 Å². The lowest BCUT2D eigenvalue weighted by Gasteiger charge is -2.07. The highest BCUT2D eigenvalue weighted by molar-refractivity contribution is 5.78. The molecule has 0 saturated carbocycles. The van der Waals surface area contributed by atoms with Crippen LogP contribution in [-0.4, -0.2) is 16.1 Å². The van der Waals surface area contributed by atoms with E-state index in [1.807, 2.05) is 0 Å². The summed E-state index contributed by atoms with van der Waals surface area (Å²) in [5.74, 6) is -1.41. The van der Waals surface area contributed by atoms with Crippen LogP contribution in [0, 0.1) is 0 Å². The first-order valence-electron chi connectivity index (χ1n) is 4.46. The molecule has 1 unspecified atom stereocenters. The normalized spacial score (nSPS) is 12.3. The number of aromatic nitrogens is 1. The first kappa shape index (κ1) is 9.45. The van der Waals surface area contributed by atoms with E-state index in [4.69, 9.17) is 9.52 Å². The molecule has 2 aromatic rings. The third kappa shape index (κ3) is 1.88. The number of hydrogen-bond acceptors (Lipinski definition) is 3. The Hall–Kier alpha value is -2.10. The monoisotopic (exact) mass is 203 g/mol. The first-order valence-corrected chi connectivity index (χ1v) is 4.46. The smallest absolute Gasteiger partial charge is 0.320 e. The van der Waals surface area contributed by atoms with Gasteiger partial charge in [0.1, 0.15) is 5.76 Å². The Balaban J connectivity index is 2.42. The molecule has 1 atom stereocenters. The topological polar surface area (TPSA) is 63.3 Å². The molecule has 15 heavy (non-hydrogen) atoms.